The average Bonchev–Trinajstić information content (AvgIpc) is 3.08. The minimum absolute atomic E-state index is 0.0939. The van der Waals surface area contributed by atoms with Crippen LogP contribution in [0.15, 0.2) is 155 Å². The second kappa shape index (κ2) is 13.3. The number of halogens is 2. The first-order valence-corrected chi connectivity index (χ1v) is 18.0. The molecule has 0 atom stereocenters. The van der Waals surface area contributed by atoms with Crippen molar-refractivity contribution in [3.05, 3.63) is 191 Å². The van der Waals surface area contributed by atoms with Crippen molar-refractivity contribution in [1.29, 1.82) is 0 Å². The highest BCUT2D eigenvalue weighted by molar-refractivity contribution is 7.87. The van der Waals surface area contributed by atoms with Gasteiger partial charge in [0.05, 0.1) is 5.41 Å². The van der Waals surface area contributed by atoms with Gasteiger partial charge in [0.1, 0.15) is 9.79 Å². The predicted molar refractivity (Wildman–Crippen MR) is 183 cm³/mol. The molecule has 0 aliphatic rings. The summed E-state index contributed by atoms with van der Waals surface area (Å²) in [6.45, 7) is 3.22. The molecule has 6 nitrogen and oxygen atoms in total. The molecule has 0 aromatic heterocycles. The molecule has 0 aliphatic carbocycles. The normalized spacial score (nSPS) is 12.0. The number of benzene rings is 6. The van der Waals surface area contributed by atoms with Crippen molar-refractivity contribution < 1.29 is 34.0 Å². The highest BCUT2D eigenvalue weighted by atomic mass is 32.2. The van der Waals surface area contributed by atoms with Crippen molar-refractivity contribution in [1.82, 2.24) is 0 Å². The highest BCUT2D eigenvalue weighted by Crippen LogP contribution is 2.47. The Morgan fingerprint density at radius 1 is 0.449 bits per heavy atom. The summed E-state index contributed by atoms with van der Waals surface area (Å²) in [4.78, 5) is -0.188. The summed E-state index contributed by atoms with van der Waals surface area (Å²) in [6, 6.07) is 38.3. The molecule has 0 aliphatic heterocycles. The zero-order chi connectivity index (χ0) is 34.8. The third kappa shape index (κ3) is 6.45. The number of aryl methyl sites for hydroxylation is 2. The van der Waals surface area contributed by atoms with Crippen LogP contribution in [0.2, 0.25) is 0 Å². The molecule has 248 valence electrons. The lowest BCUT2D eigenvalue weighted by atomic mass is 9.65. The molecule has 6 aromatic rings. The van der Waals surface area contributed by atoms with Gasteiger partial charge in [-0.25, -0.2) is 8.78 Å². The van der Waals surface area contributed by atoms with Crippen LogP contribution >= 0.6 is 0 Å². The maximum atomic E-state index is 16.0. The molecule has 49 heavy (non-hydrogen) atoms. The van der Waals surface area contributed by atoms with E-state index in [1.165, 1.54) is 36.4 Å². The predicted octanol–water partition coefficient (Wildman–Crippen LogP) is 8.50. The number of hydrogen-bond acceptors (Lipinski definition) is 6. The Morgan fingerprint density at radius 2 is 0.796 bits per heavy atom. The van der Waals surface area contributed by atoms with E-state index >= 15 is 8.78 Å². The Morgan fingerprint density at radius 3 is 1.14 bits per heavy atom. The molecule has 6 aromatic carbocycles. The second-order valence-corrected chi connectivity index (χ2v) is 14.4. The largest absolute Gasteiger partial charge is 0.376 e. The van der Waals surface area contributed by atoms with Gasteiger partial charge < -0.3 is 8.37 Å². The van der Waals surface area contributed by atoms with Gasteiger partial charge in [-0.1, -0.05) is 109 Å². The first-order chi connectivity index (χ1) is 23.4. The third-order valence-electron chi connectivity index (χ3n) is 8.27. The van der Waals surface area contributed by atoms with Crippen LogP contribution in [0.5, 0.6) is 11.5 Å². The minimum Gasteiger partial charge on any atom is -0.376 e. The highest BCUT2D eigenvalue weighted by Gasteiger charge is 2.40. The third-order valence-corrected chi connectivity index (χ3v) is 11.1. The van der Waals surface area contributed by atoms with Crippen molar-refractivity contribution in [3.8, 4) is 11.5 Å². The van der Waals surface area contributed by atoms with E-state index in [0.29, 0.717) is 33.4 Å². The van der Waals surface area contributed by atoms with Crippen LogP contribution in [0, 0.1) is 25.5 Å². The van der Waals surface area contributed by atoms with E-state index in [1.807, 2.05) is 24.3 Å². The fourth-order valence-electron chi connectivity index (χ4n) is 5.98. The summed E-state index contributed by atoms with van der Waals surface area (Å²) >= 11 is 0. The summed E-state index contributed by atoms with van der Waals surface area (Å²) in [5.41, 5.74) is 1.41. The molecule has 6 rings (SSSR count). The molecule has 0 saturated heterocycles. The van der Waals surface area contributed by atoms with Gasteiger partial charge in [-0.15, -0.1) is 0 Å². The maximum absolute atomic E-state index is 16.0. The van der Waals surface area contributed by atoms with Crippen LogP contribution in [0.3, 0.4) is 0 Å². The molecule has 10 heteroatoms. The summed E-state index contributed by atoms with van der Waals surface area (Å²) in [5.74, 6) is -2.96. The Hall–Kier alpha value is -5.32. The smallest absolute Gasteiger partial charge is 0.339 e. The average molecular weight is 697 g/mol. The Kier molecular flexibility index (Phi) is 9.11. The van der Waals surface area contributed by atoms with Gasteiger partial charge >= 0.3 is 20.2 Å². The summed E-state index contributed by atoms with van der Waals surface area (Å²) in [7, 11) is -8.74. The first-order valence-electron chi connectivity index (χ1n) is 15.1. The van der Waals surface area contributed by atoms with E-state index in [2.05, 4.69) is 0 Å². The van der Waals surface area contributed by atoms with Crippen LogP contribution < -0.4 is 8.37 Å². The van der Waals surface area contributed by atoms with Gasteiger partial charge in [0.15, 0.2) is 23.1 Å². The topological polar surface area (TPSA) is 86.7 Å². The van der Waals surface area contributed by atoms with Gasteiger partial charge in [-0.3, -0.25) is 0 Å². The van der Waals surface area contributed by atoms with Crippen LogP contribution in [-0.2, 0) is 25.7 Å². The monoisotopic (exact) mass is 696 g/mol. The van der Waals surface area contributed by atoms with Crippen LogP contribution in [0.4, 0.5) is 8.78 Å². The standard InChI is InChI=1S/C39H30F2O6S2/c1-27-13-9-11-19-37(27)48(42,43)46-35-23-21-31(25-33(35)40)39(29-15-5-3-6-16-29,30-17-7-4-8-18-30)32-22-24-36(34(41)26-32)47-49(44,45)38-20-12-10-14-28(38)2/h3-26H,1-2H3. The van der Waals surface area contributed by atoms with Crippen LogP contribution in [0.25, 0.3) is 0 Å². The Labute approximate surface area is 284 Å². The van der Waals surface area contributed by atoms with Crippen molar-refractivity contribution in [2.45, 2.75) is 29.1 Å². The summed E-state index contributed by atoms with van der Waals surface area (Å²) in [6.07, 6.45) is 0. The van der Waals surface area contributed by atoms with Gasteiger partial charge in [0, 0.05) is 0 Å². The van der Waals surface area contributed by atoms with Crippen molar-refractivity contribution in [2.75, 3.05) is 0 Å². The van der Waals surface area contributed by atoms with E-state index in [9.17, 15) is 16.8 Å². The molecule has 0 radical (unpaired) electrons. The molecule has 0 saturated carbocycles. The molecule has 0 fully saturated rings. The Balaban J connectivity index is 1.51. The molecule has 0 N–H and O–H groups in total. The lowest BCUT2D eigenvalue weighted by Gasteiger charge is -2.37. The SMILES string of the molecule is Cc1ccccc1S(=O)(=O)Oc1ccc(C(c2ccccc2)(c2ccccc2)c2ccc(OS(=O)(=O)c3ccccc3C)c(F)c2)cc1F. The summed E-state index contributed by atoms with van der Waals surface area (Å²) in [5, 5.41) is 0. The lowest BCUT2D eigenvalue weighted by Crippen LogP contribution is -2.31. The van der Waals surface area contributed by atoms with Crippen LogP contribution in [0.1, 0.15) is 33.4 Å². The van der Waals surface area contributed by atoms with Crippen molar-refractivity contribution in [2.24, 2.45) is 0 Å². The number of rotatable bonds is 10. The van der Waals surface area contributed by atoms with Crippen molar-refractivity contribution >= 4 is 20.2 Å². The minimum atomic E-state index is -4.37. The molecule has 0 bridgehead atoms. The fourth-order valence-corrected chi connectivity index (χ4v) is 8.32. The molecular weight excluding hydrogens is 667 g/mol. The van der Waals surface area contributed by atoms with E-state index < -0.39 is 48.8 Å². The molecule has 0 heterocycles. The summed E-state index contributed by atoms with van der Waals surface area (Å²) < 4.78 is 95.1. The second-order valence-electron chi connectivity index (χ2n) is 11.4. The molecule has 0 unspecified atom stereocenters. The Bertz CT molecular complexity index is 2190. The van der Waals surface area contributed by atoms with Crippen LogP contribution in [-0.4, -0.2) is 16.8 Å². The zero-order valence-electron chi connectivity index (χ0n) is 26.4. The zero-order valence-corrected chi connectivity index (χ0v) is 28.0. The van der Waals surface area contributed by atoms with E-state index in [1.54, 1.807) is 86.6 Å². The van der Waals surface area contributed by atoms with E-state index in [4.69, 9.17) is 8.37 Å². The van der Waals surface area contributed by atoms with Gasteiger partial charge in [-0.05, 0) is 83.6 Å². The van der Waals surface area contributed by atoms with Gasteiger partial charge in [0.2, 0.25) is 0 Å². The van der Waals surface area contributed by atoms with E-state index in [-0.39, 0.29) is 9.79 Å². The first kappa shape index (κ1) is 33.6. The number of hydrogen-bond donors (Lipinski definition) is 0. The molecule has 0 spiro atoms. The maximum Gasteiger partial charge on any atom is 0.339 e. The van der Waals surface area contributed by atoms with Gasteiger partial charge in [0.25, 0.3) is 0 Å². The fraction of sp³-hybridized carbons (Fsp3) is 0.0769. The lowest BCUT2D eigenvalue weighted by molar-refractivity contribution is 0.459. The quantitative estimate of drug-likeness (QED) is 0.106. The molecule has 0 amide bonds. The van der Waals surface area contributed by atoms with E-state index in [0.717, 1.165) is 12.1 Å². The van der Waals surface area contributed by atoms with Crippen molar-refractivity contribution in [3.63, 3.8) is 0 Å². The van der Waals surface area contributed by atoms with Gasteiger partial charge in [-0.2, -0.15) is 16.8 Å². The molecular formula is C39H30F2O6S2.